The molecule has 0 radical (unpaired) electrons. The van der Waals surface area contributed by atoms with E-state index in [1.165, 1.54) is 0 Å². The molecule has 18 heavy (non-hydrogen) atoms. The lowest BCUT2D eigenvalue weighted by molar-refractivity contribution is -0.121. The van der Waals surface area contributed by atoms with E-state index < -0.39 is 12.1 Å². The van der Waals surface area contributed by atoms with E-state index in [2.05, 4.69) is 16.0 Å². The van der Waals surface area contributed by atoms with Crippen molar-refractivity contribution < 1.29 is 14.7 Å². The van der Waals surface area contributed by atoms with E-state index in [4.69, 9.17) is 5.11 Å². The first-order valence-corrected chi connectivity index (χ1v) is 6.44. The Kier molecular flexibility index (Phi) is 9.22. The van der Waals surface area contributed by atoms with Gasteiger partial charge in [0.2, 0.25) is 5.91 Å². The minimum absolute atomic E-state index is 0.188. The SMILES string of the molecule is CCNC(=O)NC(=O)C(C)NCCCC(C)CO. The highest BCUT2D eigenvalue weighted by Crippen LogP contribution is 2.02. The molecule has 6 heteroatoms. The molecule has 0 fully saturated rings. The Hall–Kier alpha value is -1.14. The molecule has 106 valence electrons. The van der Waals surface area contributed by atoms with Crippen molar-refractivity contribution in [2.24, 2.45) is 5.92 Å². The fourth-order valence-corrected chi connectivity index (χ4v) is 1.38. The van der Waals surface area contributed by atoms with Gasteiger partial charge in [-0.25, -0.2) is 4.79 Å². The van der Waals surface area contributed by atoms with Crippen molar-refractivity contribution in [3.05, 3.63) is 0 Å². The third-order valence-corrected chi connectivity index (χ3v) is 2.60. The highest BCUT2D eigenvalue weighted by atomic mass is 16.3. The Bertz CT molecular complexity index is 259. The monoisotopic (exact) mass is 259 g/mol. The molecular formula is C12H25N3O3. The Morgan fingerprint density at radius 1 is 1.28 bits per heavy atom. The van der Waals surface area contributed by atoms with Crippen LogP contribution in [0.1, 0.15) is 33.6 Å². The molecule has 0 saturated carbocycles. The summed E-state index contributed by atoms with van der Waals surface area (Å²) in [5.41, 5.74) is 0. The molecule has 0 spiro atoms. The smallest absolute Gasteiger partial charge is 0.321 e. The minimum Gasteiger partial charge on any atom is -0.396 e. The van der Waals surface area contributed by atoms with Crippen LogP contribution in [0.5, 0.6) is 0 Å². The lowest BCUT2D eigenvalue weighted by Gasteiger charge is -2.14. The van der Waals surface area contributed by atoms with Crippen molar-refractivity contribution in [3.63, 3.8) is 0 Å². The average molecular weight is 259 g/mol. The lowest BCUT2D eigenvalue weighted by atomic mass is 10.1. The quantitative estimate of drug-likeness (QED) is 0.469. The second kappa shape index (κ2) is 9.85. The summed E-state index contributed by atoms with van der Waals surface area (Å²) in [7, 11) is 0. The molecule has 0 saturated heterocycles. The Morgan fingerprint density at radius 2 is 1.94 bits per heavy atom. The number of carbonyl (C=O) groups excluding carboxylic acids is 2. The van der Waals surface area contributed by atoms with Gasteiger partial charge in [-0.15, -0.1) is 0 Å². The normalized spacial score (nSPS) is 13.8. The van der Waals surface area contributed by atoms with Crippen LogP contribution in [0, 0.1) is 5.92 Å². The van der Waals surface area contributed by atoms with Crippen molar-refractivity contribution >= 4 is 11.9 Å². The Labute approximate surface area is 109 Å². The molecule has 0 rings (SSSR count). The standard InChI is InChI=1S/C12H25N3O3/c1-4-13-12(18)15-11(17)10(3)14-7-5-6-9(2)8-16/h9-10,14,16H,4-8H2,1-3H3,(H2,13,15,17,18). The molecule has 6 nitrogen and oxygen atoms in total. The molecule has 0 aromatic rings. The van der Waals surface area contributed by atoms with Crippen LogP contribution < -0.4 is 16.0 Å². The highest BCUT2D eigenvalue weighted by Gasteiger charge is 2.14. The molecule has 0 bridgehead atoms. The maximum Gasteiger partial charge on any atom is 0.321 e. The van der Waals surface area contributed by atoms with Crippen molar-refractivity contribution in [2.45, 2.75) is 39.7 Å². The van der Waals surface area contributed by atoms with Gasteiger partial charge in [0.1, 0.15) is 0 Å². The first kappa shape index (κ1) is 16.9. The van der Waals surface area contributed by atoms with Gasteiger partial charge in [-0.05, 0) is 39.2 Å². The number of aliphatic hydroxyl groups excluding tert-OH is 1. The second-order valence-corrected chi connectivity index (χ2v) is 4.45. The van der Waals surface area contributed by atoms with Crippen LogP contribution in [0.4, 0.5) is 4.79 Å². The molecule has 0 aromatic heterocycles. The van der Waals surface area contributed by atoms with Crippen molar-refractivity contribution in [3.8, 4) is 0 Å². The lowest BCUT2D eigenvalue weighted by Crippen LogP contribution is -2.48. The maximum atomic E-state index is 11.5. The summed E-state index contributed by atoms with van der Waals surface area (Å²) in [5, 5.41) is 16.6. The van der Waals surface area contributed by atoms with E-state index in [0.29, 0.717) is 13.1 Å². The summed E-state index contributed by atoms with van der Waals surface area (Å²) in [5.74, 6) is -0.0533. The van der Waals surface area contributed by atoms with Gasteiger partial charge in [-0.3, -0.25) is 10.1 Å². The summed E-state index contributed by atoms with van der Waals surface area (Å²) in [6.45, 7) is 6.84. The van der Waals surface area contributed by atoms with E-state index in [0.717, 1.165) is 12.8 Å². The third-order valence-electron chi connectivity index (χ3n) is 2.60. The zero-order valence-corrected chi connectivity index (χ0v) is 11.5. The van der Waals surface area contributed by atoms with E-state index >= 15 is 0 Å². The Balaban J connectivity index is 3.71. The number of carbonyl (C=O) groups is 2. The van der Waals surface area contributed by atoms with Crippen LogP contribution >= 0.6 is 0 Å². The van der Waals surface area contributed by atoms with Gasteiger partial charge in [-0.1, -0.05) is 6.92 Å². The number of rotatable bonds is 8. The van der Waals surface area contributed by atoms with Crippen LogP contribution in [-0.4, -0.2) is 42.8 Å². The zero-order valence-electron chi connectivity index (χ0n) is 11.5. The largest absolute Gasteiger partial charge is 0.396 e. The molecule has 0 aliphatic carbocycles. The first-order chi connectivity index (χ1) is 8.51. The second-order valence-electron chi connectivity index (χ2n) is 4.45. The van der Waals surface area contributed by atoms with Gasteiger partial charge >= 0.3 is 6.03 Å². The Morgan fingerprint density at radius 3 is 2.50 bits per heavy atom. The van der Waals surface area contributed by atoms with E-state index in [-0.39, 0.29) is 18.4 Å². The van der Waals surface area contributed by atoms with Crippen LogP contribution in [-0.2, 0) is 4.79 Å². The third kappa shape index (κ3) is 8.03. The summed E-state index contributed by atoms with van der Waals surface area (Å²) in [6.07, 6.45) is 1.80. The molecule has 0 heterocycles. The molecule has 0 aromatic carbocycles. The molecule has 0 aliphatic heterocycles. The summed E-state index contributed by atoms with van der Waals surface area (Å²) in [6, 6.07) is -0.873. The molecule has 2 unspecified atom stereocenters. The fraction of sp³-hybridized carbons (Fsp3) is 0.833. The van der Waals surface area contributed by atoms with Crippen LogP contribution in [0.3, 0.4) is 0 Å². The first-order valence-electron chi connectivity index (χ1n) is 6.44. The van der Waals surface area contributed by atoms with Gasteiger partial charge in [0, 0.05) is 13.2 Å². The number of imide groups is 1. The summed E-state index contributed by atoms with van der Waals surface area (Å²) >= 11 is 0. The molecule has 0 aliphatic rings. The predicted molar refractivity (Wildman–Crippen MR) is 70.2 cm³/mol. The minimum atomic E-state index is -0.468. The van der Waals surface area contributed by atoms with Crippen molar-refractivity contribution in [1.29, 1.82) is 0 Å². The number of amides is 3. The molecular weight excluding hydrogens is 234 g/mol. The van der Waals surface area contributed by atoms with Crippen molar-refractivity contribution in [1.82, 2.24) is 16.0 Å². The zero-order chi connectivity index (χ0) is 14.0. The predicted octanol–water partition coefficient (Wildman–Crippen LogP) is 0.219. The molecule has 2 atom stereocenters. The number of aliphatic hydroxyl groups is 1. The summed E-state index contributed by atoms with van der Waals surface area (Å²) < 4.78 is 0. The average Bonchev–Trinajstić information content (AvgIpc) is 2.34. The van der Waals surface area contributed by atoms with Crippen molar-refractivity contribution in [2.75, 3.05) is 19.7 Å². The topological polar surface area (TPSA) is 90.5 Å². The van der Waals surface area contributed by atoms with Gasteiger partial charge < -0.3 is 15.7 Å². The number of hydrogen-bond donors (Lipinski definition) is 4. The summed E-state index contributed by atoms with van der Waals surface area (Å²) in [4.78, 5) is 22.7. The van der Waals surface area contributed by atoms with Crippen LogP contribution in [0.25, 0.3) is 0 Å². The highest BCUT2D eigenvalue weighted by molar-refractivity contribution is 5.96. The van der Waals surface area contributed by atoms with E-state index in [9.17, 15) is 9.59 Å². The molecule has 3 amide bonds. The van der Waals surface area contributed by atoms with Gasteiger partial charge in [0.15, 0.2) is 0 Å². The fourth-order valence-electron chi connectivity index (χ4n) is 1.38. The van der Waals surface area contributed by atoms with E-state index in [1.807, 2.05) is 6.92 Å². The van der Waals surface area contributed by atoms with E-state index in [1.54, 1.807) is 13.8 Å². The number of urea groups is 1. The number of hydrogen-bond acceptors (Lipinski definition) is 4. The number of nitrogens with one attached hydrogen (secondary N) is 3. The van der Waals surface area contributed by atoms with Gasteiger partial charge in [0.25, 0.3) is 0 Å². The molecule has 4 N–H and O–H groups in total. The van der Waals surface area contributed by atoms with Gasteiger partial charge in [-0.2, -0.15) is 0 Å². The van der Waals surface area contributed by atoms with Crippen LogP contribution in [0.15, 0.2) is 0 Å². The van der Waals surface area contributed by atoms with Crippen LogP contribution in [0.2, 0.25) is 0 Å². The maximum absolute atomic E-state index is 11.5. The van der Waals surface area contributed by atoms with Gasteiger partial charge in [0.05, 0.1) is 6.04 Å².